The van der Waals surface area contributed by atoms with E-state index in [4.69, 9.17) is 11.2 Å². The highest BCUT2D eigenvalue weighted by atomic mass is 16.5. The van der Waals surface area contributed by atoms with Crippen molar-refractivity contribution in [1.82, 2.24) is 14.8 Å². The van der Waals surface area contributed by atoms with Gasteiger partial charge in [0.2, 0.25) is 0 Å². The summed E-state index contributed by atoms with van der Waals surface area (Å²) in [5.41, 5.74) is 0. The molecule has 0 aliphatic carbocycles. The molecule has 0 aliphatic heterocycles. The zero-order chi connectivity index (χ0) is 9.84. The third-order valence-electron chi connectivity index (χ3n) is 1.67. The minimum absolute atomic E-state index is 0.226. The topological polar surface area (TPSA) is 39.9 Å². The minimum atomic E-state index is 0.226. The average molecular weight is 179 g/mol. The summed E-state index contributed by atoms with van der Waals surface area (Å²) < 4.78 is 6.98. The van der Waals surface area contributed by atoms with Crippen LogP contribution in [0.2, 0.25) is 0 Å². The van der Waals surface area contributed by atoms with E-state index in [-0.39, 0.29) is 6.61 Å². The van der Waals surface area contributed by atoms with Crippen molar-refractivity contribution >= 4 is 0 Å². The number of nitrogens with zero attached hydrogens (tertiary/aromatic N) is 3. The van der Waals surface area contributed by atoms with Crippen LogP contribution in [0.4, 0.5) is 0 Å². The van der Waals surface area contributed by atoms with Crippen molar-refractivity contribution in [1.29, 1.82) is 0 Å². The second-order valence-electron chi connectivity index (χ2n) is 3.05. The smallest absolute Gasteiger partial charge is 0.317 e. The fourth-order valence-electron chi connectivity index (χ4n) is 1.06. The zero-order valence-corrected chi connectivity index (χ0v) is 8.11. The Morgan fingerprint density at radius 1 is 1.54 bits per heavy atom. The molecule has 0 spiro atoms. The summed E-state index contributed by atoms with van der Waals surface area (Å²) in [6, 6.07) is 0.474. The Morgan fingerprint density at radius 3 is 2.69 bits per heavy atom. The Bertz CT molecular complexity index is 322. The predicted octanol–water partition coefficient (Wildman–Crippen LogP) is 0.951. The lowest BCUT2D eigenvalue weighted by molar-refractivity contribution is 0.325. The molecule has 4 nitrogen and oxygen atoms in total. The molecular formula is C9H13N3O. The molecule has 0 fully saturated rings. The van der Waals surface area contributed by atoms with Gasteiger partial charge in [0.1, 0.15) is 5.82 Å². The van der Waals surface area contributed by atoms with Gasteiger partial charge in [0.15, 0.2) is 6.61 Å². The molecule has 0 N–H and O–H groups in total. The van der Waals surface area contributed by atoms with Gasteiger partial charge in [0.25, 0.3) is 0 Å². The van der Waals surface area contributed by atoms with E-state index in [1.165, 1.54) is 0 Å². The van der Waals surface area contributed by atoms with Gasteiger partial charge in [0, 0.05) is 13.0 Å². The van der Waals surface area contributed by atoms with E-state index in [2.05, 4.69) is 30.0 Å². The van der Waals surface area contributed by atoms with Crippen molar-refractivity contribution in [3.8, 4) is 18.4 Å². The van der Waals surface area contributed by atoms with Crippen LogP contribution in [0.1, 0.15) is 25.6 Å². The molecule has 0 bridgehead atoms. The molecule has 0 aromatic carbocycles. The number of ether oxygens (including phenoxy) is 1. The van der Waals surface area contributed by atoms with E-state index in [1.807, 2.05) is 11.6 Å². The maximum Gasteiger partial charge on any atom is 0.317 e. The van der Waals surface area contributed by atoms with Crippen LogP contribution < -0.4 is 4.74 Å². The summed E-state index contributed by atoms with van der Waals surface area (Å²) >= 11 is 0. The molecule has 1 heterocycles. The number of hydrogen-bond donors (Lipinski definition) is 0. The molecule has 0 saturated carbocycles. The lowest BCUT2D eigenvalue weighted by Crippen LogP contribution is -2.04. The standard InChI is InChI=1S/C9H13N3O/c1-5-6-13-9-11-10-8(7(2)3)12(9)4/h1,7H,6H2,2-4H3. The van der Waals surface area contributed by atoms with Gasteiger partial charge < -0.3 is 4.74 Å². The van der Waals surface area contributed by atoms with Gasteiger partial charge in [0.05, 0.1) is 0 Å². The summed E-state index contributed by atoms with van der Waals surface area (Å²) in [5, 5.41) is 7.86. The summed E-state index contributed by atoms with van der Waals surface area (Å²) in [6.45, 7) is 4.33. The van der Waals surface area contributed by atoms with Crippen molar-refractivity contribution in [3.05, 3.63) is 5.82 Å². The van der Waals surface area contributed by atoms with E-state index in [0.29, 0.717) is 11.9 Å². The zero-order valence-electron chi connectivity index (χ0n) is 8.11. The third-order valence-corrected chi connectivity index (χ3v) is 1.67. The first-order chi connectivity index (χ1) is 6.16. The van der Waals surface area contributed by atoms with E-state index < -0.39 is 0 Å². The van der Waals surface area contributed by atoms with Crippen molar-refractivity contribution in [2.45, 2.75) is 19.8 Å². The van der Waals surface area contributed by atoms with Crippen molar-refractivity contribution in [2.24, 2.45) is 7.05 Å². The van der Waals surface area contributed by atoms with Crippen LogP contribution in [0.3, 0.4) is 0 Å². The molecule has 0 aliphatic rings. The molecule has 1 aromatic rings. The molecule has 1 aromatic heterocycles. The predicted molar refractivity (Wildman–Crippen MR) is 49.4 cm³/mol. The van der Waals surface area contributed by atoms with Gasteiger partial charge in [-0.15, -0.1) is 11.5 Å². The Hall–Kier alpha value is -1.50. The first kappa shape index (κ1) is 9.59. The molecular weight excluding hydrogens is 166 g/mol. The second kappa shape index (κ2) is 3.94. The number of aromatic nitrogens is 3. The number of terminal acetylenes is 1. The molecule has 0 radical (unpaired) electrons. The Labute approximate surface area is 77.9 Å². The molecule has 0 unspecified atom stereocenters. The van der Waals surface area contributed by atoms with Gasteiger partial charge in [-0.3, -0.25) is 4.57 Å². The summed E-state index contributed by atoms with van der Waals surface area (Å²) in [6.07, 6.45) is 5.06. The quantitative estimate of drug-likeness (QED) is 0.648. The maximum absolute atomic E-state index is 5.17. The van der Waals surface area contributed by atoms with Crippen LogP contribution in [-0.4, -0.2) is 21.4 Å². The first-order valence-electron chi connectivity index (χ1n) is 4.12. The van der Waals surface area contributed by atoms with Crippen LogP contribution in [-0.2, 0) is 7.05 Å². The fraction of sp³-hybridized carbons (Fsp3) is 0.556. The number of hydrogen-bond acceptors (Lipinski definition) is 3. The molecule has 0 amide bonds. The van der Waals surface area contributed by atoms with E-state index >= 15 is 0 Å². The highest BCUT2D eigenvalue weighted by Crippen LogP contribution is 2.15. The largest absolute Gasteiger partial charge is 0.450 e. The van der Waals surface area contributed by atoms with E-state index in [9.17, 15) is 0 Å². The average Bonchev–Trinajstić information content (AvgIpc) is 2.43. The van der Waals surface area contributed by atoms with E-state index in [1.54, 1.807) is 0 Å². The summed E-state index contributed by atoms with van der Waals surface area (Å²) in [5.74, 6) is 3.61. The van der Waals surface area contributed by atoms with Crippen LogP contribution in [0.15, 0.2) is 0 Å². The minimum Gasteiger partial charge on any atom is -0.450 e. The van der Waals surface area contributed by atoms with Gasteiger partial charge >= 0.3 is 6.01 Å². The Kier molecular flexibility index (Phi) is 2.91. The molecule has 13 heavy (non-hydrogen) atoms. The van der Waals surface area contributed by atoms with Crippen LogP contribution in [0.25, 0.3) is 0 Å². The van der Waals surface area contributed by atoms with Crippen molar-refractivity contribution in [3.63, 3.8) is 0 Å². The summed E-state index contributed by atoms with van der Waals surface area (Å²) in [4.78, 5) is 0. The first-order valence-corrected chi connectivity index (χ1v) is 4.12. The molecule has 4 heteroatoms. The molecule has 0 atom stereocenters. The van der Waals surface area contributed by atoms with Gasteiger partial charge in [-0.2, -0.15) is 0 Å². The van der Waals surface area contributed by atoms with Crippen LogP contribution in [0.5, 0.6) is 6.01 Å². The van der Waals surface area contributed by atoms with Gasteiger partial charge in [-0.1, -0.05) is 24.9 Å². The number of rotatable bonds is 3. The second-order valence-corrected chi connectivity index (χ2v) is 3.05. The lowest BCUT2D eigenvalue weighted by atomic mass is 10.2. The Balaban J connectivity index is 2.81. The molecule has 70 valence electrons. The SMILES string of the molecule is C#CCOc1nnc(C(C)C)n1C. The normalized spacial score (nSPS) is 10.1. The van der Waals surface area contributed by atoms with Gasteiger partial charge in [-0.25, -0.2) is 0 Å². The lowest BCUT2D eigenvalue weighted by Gasteiger charge is -2.04. The maximum atomic E-state index is 5.17. The van der Waals surface area contributed by atoms with E-state index in [0.717, 1.165) is 5.82 Å². The van der Waals surface area contributed by atoms with Crippen LogP contribution >= 0.6 is 0 Å². The monoisotopic (exact) mass is 179 g/mol. The fourth-order valence-corrected chi connectivity index (χ4v) is 1.06. The summed E-state index contributed by atoms with van der Waals surface area (Å²) in [7, 11) is 1.86. The van der Waals surface area contributed by atoms with Crippen molar-refractivity contribution in [2.75, 3.05) is 6.61 Å². The highest BCUT2D eigenvalue weighted by Gasteiger charge is 2.11. The third kappa shape index (κ3) is 2.00. The molecule has 0 saturated heterocycles. The Morgan fingerprint density at radius 2 is 2.23 bits per heavy atom. The molecule has 1 rings (SSSR count). The van der Waals surface area contributed by atoms with Crippen molar-refractivity contribution < 1.29 is 4.74 Å². The van der Waals surface area contributed by atoms with Gasteiger partial charge in [-0.05, 0) is 0 Å². The highest BCUT2D eigenvalue weighted by molar-refractivity contribution is 5.04. The van der Waals surface area contributed by atoms with Crippen LogP contribution in [0, 0.1) is 12.3 Å².